The zero-order valence-corrected chi connectivity index (χ0v) is 9.82. The van der Waals surface area contributed by atoms with E-state index in [0.717, 1.165) is 16.2 Å². The molecule has 96 valence electrons. The number of carboxylic acids is 1. The van der Waals surface area contributed by atoms with Crippen LogP contribution in [-0.2, 0) is 0 Å². The minimum atomic E-state index is -4.20. The summed E-state index contributed by atoms with van der Waals surface area (Å²) in [5, 5.41) is 8.82. The van der Waals surface area contributed by atoms with Crippen molar-refractivity contribution in [3.63, 3.8) is 0 Å². The number of halogens is 3. The van der Waals surface area contributed by atoms with Gasteiger partial charge in [-0.2, -0.15) is 13.2 Å². The molecule has 0 radical (unpaired) electrons. The van der Waals surface area contributed by atoms with Gasteiger partial charge < -0.3 is 9.84 Å². The molecule has 0 bridgehead atoms. The van der Waals surface area contributed by atoms with Gasteiger partial charge in [0.25, 0.3) is 0 Å². The zero-order valence-electron chi connectivity index (χ0n) is 9.00. The van der Waals surface area contributed by atoms with Gasteiger partial charge in [-0.05, 0) is 19.4 Å². The summed E-state index contributed by atoms with van der Waals surface area (Å²) >= 11 is 1.04. The first kappa shape index (κ1) is 13.8. The van der Waals surface area contributed by atoms with Crippen LogP contribution in [0.3, 0.4) is 0 Å². The van der Waals surface area contributed by atoms with Gasteiger partial charge in [-0.1, -0.05) is 0 Å². The smallest absolute Gasteiger partial charge is 0.389 e. The van der Waals surface area contributed by atoms with Gasteiger partial charge in [0.1, 0.15) is 5.75 Å². The Morgan fingerprint density at radius 3 is 2.71 bits per heavy atom. The van der Waals surface area contributed by atoms with Gasteiger partial charge in [-0.3, -0.25) is 0 Å². The first-order chi connectivity index (χ1) is 7.79. The maximum absolute atomic E-state index is 11.8. The van der Waals surface area contributed by atoms with Crippen molar-refractivity contribution in [1.82, 2.24) is 0 Å². The van der Waals surface area contributed by atoms with Crippen LogP contribution in [0.25, 0.3) is 0 Å². The number of carboxylic acid groups (broad SMARTS) is 1. The Hall–Kier alpha value is -1.24. The molecule has 1 N–H and O–H groups in total. The fourth-order valence-corrected chi connectivity index (χ4v) is 2.00. The van der Waals surface area contributed by atoms with Crippen LogP contribution in [0.15, 0.2) is 6.07 Å². The van der Waals surface area contributed by atoms with E-state index in [1.54, 1.807) is 6.92 Å². The van der Waals surface area contributed by atoms with Crippen LogP contribution >= 0.6 is 11.3 Å². The van der Waals surface area contributed by atoms with Crippen molar-refractivity contribution < 1.29 is 27.8 Å². The Morgan fingerprint density at radius 2 is 2.18 bits per heavy atom. The summed E-state index contributed by atoms with van der Waals surface area (Å²) in [6.45, 7) is 1.57. The summed E-state index contributed by atoms with van der Waals surface area (Å²) in [7, 11) is 0. The maximum Gasteiger partial charge on any atom is 0.389 e. The van der Waals surface area contributed by atoms with Crippen molar-refractivity contribution in [2.45, 2.75) is 25.9 Å². The number of aromatic carboxylic acids is 1. The van der Waals surface area contributed by atoms with E-state index < -0.39 is 18.6 Å². The van der Waals surface area contributed by atoms with Gasteiger partial charge in [0.2, 0.25) is 0 Å². The molecule has 0 unspecified atom stereocenters. The molecule has 0 amide bonds. The molecule has 0 saturated heterocycles. The highest BCUT2D eigenvalue weighted by Crippen LogP contribution is 2.29. The van der Waals surface area contributed by atoms with Gasteiger partial charge in [0.05, 0.1) is 6.61 Å². The first-order valence-electron chi connectivity index (χ1n) is 4.83. The van der Waals surface area contributed by atoms with E-state index in [0.29, 0.717) is 0 Å². The molecule has 17 heavy (non-hydrogen) atoms. The molecule has 1 aromatic rings. The predicted molar refractivity (Wildman–Crippen MR) is 56.8 cm³/mol. The van der Waals surface area contributed by atoms with Gasteiger partial charge in [-0.15, -0.1) is 11.3 Å². The fraction of sp³-hybridized carbons (Fsp3) is 0.500. The molecule has 0 atom stereocenters. The number of hydrogen-bond donors (Lipinski definition) is 1. The Kier molecular flexibility index (Phi) is 4.39. The molecule has 3 nitrogen and oxygen atoms in total. The number of aryl methyl sites for hydroxylation is 1. The summed E-state index contributed by atoms with van der Waals surface area (Å²) in [5.74, 6) is -0.990. The largest absolute Gasteiger partial charge is 0.492 e. The summed E-state index contributed by atoms with van der Waals surface area (Å²) in [5.41, 5.74) is 0. The second-order valence-corrected chi connectivity index (χ2v) is 4.68. The molecule has 0 aliphatic heterocycles. The summed E-state index contributed by atoms with van der Waals surface area (Å²) < 4.78 is 40.6. The van der Waals surface area contributed by atoms with Crippen LogP contribution in [0, 0.1) is 6.92 Å². The van der Waals surface area contributed by atoms with E-state index in [2.05, 4.69) is 0 Å². The third-order valence-electron chi connectivity index (χ3n) is 1.88. The van der Waals surface area contributed by atoms with Crippen molar-refractivity contribution in [1.29, 1.82) is 0 Å². The SMILES string of the molecule is Cc1cc(OCCCC(F)(F)F)c(C(=O)O)s1. The number of thiophene rings is 1. The van der Waals surface area contributed by atoms with Crippen LogP contribution in [0.4, 0.5) is 13.2 Å². The number of rotatable bonds is 5. The van der Waals surface area contributed by atoms with Crippen molar-refractivity contribution in [2.75, 3.05) is 6.61 Å². The summed E-state index contributed by atoms with van der Waals surface area (Å²) in [6, 6.07) is 1.52. The van der Waals surface area contributed by atoms with E-state index >= 15 is 0 Å². The van der Waals surface area contributed by atoms with Gasteiger partial charge in [0, 0.05) is 11.3 Å². The average molecular weight is 268 g/mol. The minimum Gasteiger partial charge on any atom is -0.492 e. The number of ether oxygens (including phenoxy) is 1. The average Bonchev–Trinajstić information content (AvgIpc) is 2.53. The summed E-state index contributed by atoms with van der Waals surface area (Å²) in [6.07, 6.45) is -5.32. The first-order valence-corrected chi connectivity index (χ1v) is 5.64. The minimum absolute atomic E-state index is 0.0227. The fourth-order valence-electron chi connectivity index (χ4n) is 1.20. The van der Waals surface area contributed by atoms with Crippen molar-refractivity contribution >= 4 is 17.3 Å². The Balaban J connectivity index is 2.49. The lowest BCUT2D eigenvalue weighted by molar-refractivity contribution is -0.136. The lowest BCUT2D eigenvalue weighted by Crippen LogP contribution is -2.10. The molecular formula is C10H11F3O3S. The Bertz CT molecular complexity index is 398. The Labute approximate surface area is 99.8 Å². The second kappa shape index (κ2) is 5.39. The molecule has 0 aromatic carbocycles. The highest BCUT2D eigenvalue weighted by Gasteiger charge is 2.26. The van der Waals surface area contributed by atoms with Crippen LogP contribution in [0.5, 0.6) is 5.75 Å². The molecular weight excluding hydrogens is 257 g/mol. The monoisotopic (exact) mass is 268 g/mol. The summed E-state index contributed by atoms with van der Waals surface area (Å²) in [4.78, 5) is 11.5. The van der Waals surface area contributed by atoms with E-state index in [1.807, 2.05) is 0 Å². The van der Waals surface area contributed by atoms with Crippen LogP contribution in [0.1, 0.15) is 27.4 Å². The number of alkyl halides is 3. The van der Waals surface area contributed by atoms with Crippen molar-refractivity contribution in [3.05, 3.63) is 15.8 Å². The van der Waals surface area contributed by atoms with E-state index in [1.165, 1.54) is 6.07 Å². The van der Waals surface area contributed by atoms with E-state index in [-0.39, 0.29) is 23.7 Å². The quantitative estimate of drug-likeness (QED) is 0.832. The van der Waals surface area contributed by atoms with Crippen LogP contribution < -0.4 is 4.74 Å². The standard InChI is InChI=1S/C10H11F3O3S/c1-6-5-7(8(17-6)9(14)15)16-4-2-3-10(11,12)13/h5H,2-4H2,1H3,(H,14,15). The van der Waals surface area contributed by atoms with Crippen LogP contribution in [0.2, 0.25) is 0 Å². The normalized spacial score (nSPS) is 11.5. The van der Waals surface area contributed by atoms with Gasteiger partial charge in [-0.25, -0.2) is 4.79 Å². The molecule has 7 heteroatoms. The number of hydrogen-bond acceptors (Lipinski definition) is 3. The maximum atomic E-state index is 11.8. The van der Waals surface area contributed by atoms with Gasteiger partial charge in [0.15, 0.2) is 4.88 Å². The number of carbonyl (C=O) groups is 1. The molecule has 0 aliphatic carbocycles. The van der Waals surface area contributed by atoms with E-state index in [9.17, 15) is 18.0 Å². The topological polar surface area (TPSA) is 46.5 Å². The molecule has 0 fully saturated rings. The molecule has 0 saturated carbocycles. The highest BCUT2D eigenvalue weighted by atomic mass is 32.1. The third-order valence-corrected chi connectivity index (χ3v) is 2.90. The van der Waals surface area contributed by atoms with Crippen LogP contribution in [-0.4, -0.2) is 23.9 Å². The molecule has 0 spiro atoms. The molecule has 1 aromatic heterocycles. The van der Waals surface area contributed by atoms with Crippen molar-refractivity contribution in [2.24, 2.45) is 0 Å². The predicted octanol–water partition coefficient (Wildman–Crippen LogP) is 3.48. The lowest BCUT2D eigenvalue weighted by Gasteiger charge is -2.07. The van der Waals surface area contributed by atoms with Crippen molar-refractivity contribution in [3.8, 4) is 5.75 Å². The molecule has 1 rings (SSSR count). The second-order valence-electron chi connectivity index (χ2n) is 3.42. The van der Waals surface area contributed by atoms with E-state index in [4.69, 9.17) is 9.84 Å². The Morgan fingerprint density at radius 1 is 1.53 bits per heavy atom. The van der Waals surface area contributed by atoms with Gasteiger partial charge >= 0.3 is 12.1 Å². The third kappa shape index (κ3) is 4.64. The lowest BCUT2D eigenvalue weighted by atomic mass is 10.3. The molecule has 0 aliphatic rings. The highest BCUT2D eigenvalue weighted by molar-refractivity contribution is 7.14. The molecule has 1 heterocycles. The zero-order chi connectivity index (χ0) is 13.1.